The standard InChI is InChI=1S/C33H28N2O7/c1-3-40-25-17-11-10-16-24(25)34-31(36)28-29(35(42-30(28)32(34)37)23-14-8-5-9-15-23)22-18-19-26(27(20-22)39-2)41-33(38)21-12-6-4-7-13-21/h4-20,28-30H,3H2,1-2H3/t28-,29-,30+/m1/s1. The van der Waals surface area contributed by atoms with E-state index in [2.05, 4.69) is 0 Å². The number of fused-ring (bicyclic) bond motifs is 1. The molecular formula is C33H28N2O7. The molecule has 0 saturated carbocycles. The summed E-state index contributed by atoms with van der Waals surface area (Å²) in [4.78, 5) is 48.0. The van der Waals surface area contributed by atoms with E-state index in [0.29, 0.717) is 40.6 Å². The average molecular weight is 565 g/mol. The van der Waals surface area contributed by atoms with Crippen molar-refractivity contribution < 1.29 is 33.4 Å². The molecule has 2 fully saturated rings. The maximum Gasteiger partial charge on any atom is 0.343 e. The van der Waals surface area contributed by atoms with E-state index in [-0.39, 0.29) is 5.75 Å². The Kier molecular flexibility index (Phi) is 7.33. The van der Waals surface area contributed by atoms with Gasteiger partial charge in [0.15, 0.2) is 17.6 Å². The number of carbonyl (C=O) groups is 3. The number of esters is 1. The smallest absolute Gasteiger partial charge is 0.343 e. The number of ether oxygens (including phenoxy) is 3. The third-order valence-electron chi connectivity index (χ3n) is 7.27. The molecule has 2 saturated heterocycles. The second-order valence-electron chi connectivity index (χ2n) is 9.74. The topological polar surface area (TPSA) is 94.6 Å². The summed E-state index contributed by atoms with van der Waals surface area (Å²) in [6.45, 7) is 2.21. The van der Waals surface area contributed by atoms with Crippen LogP contribution in [0.3, 0.4) is 0 Å². The number of carbonyl (C=O) groups excluding carboxylic acids is 3. The second kappa shape index (κ2) is 11.4. The predicted molar refractivity (Wildman–Crippen MR) is 155 cm³/mol. The highest BCUT2D eigenvalue weighted by atomic mass is 16.7. The zero-order valence-electron chi connectivity index (χ0n) is 23.0. The van der Waals surface area contributed by atoms with Gasteiger partial charge in [0, 0.05) is 0 Å². The fourth-order valence-corrected chi connectivity index (χ4v) is 5.39. The molecule has 2 heterocycles. The van der Waals surface area contributed by atoms with E-state index in [9.17, 15) is 14.4 Å². The molecule has 0 aliphatic carbocycles. The predicted octanol–water partition coefficient (Wildman–Crippen LogP) is 5.36. The van der Waals surface area contributed by atoms with Crippen LogP contribution in [-0.4, -0.2) is 37.6 Å². The summed E-state index contributed by atoms with van der Waals surface area (Å²) in [5.41, 5.74) is 2.09. The van der Waals surface area contributed by atoms with Crippen molar-refractivity contribution in [2.24, 2.45) is 5.92 Å². The van der Waals surface area contributed by atoms with Crippen molar-refractivity contribution in [3.05, 3.63) is 114 Å². The molecule has 0 spiro atoms. The lowest BCUT2D eigenvalue weighted by atomic mass is 9.90. The second-order valence-corrected chi connectivity index (χ2v) is 9.74. The van der Waals surface area contributed by atoms with Crippen LogP contribution in [0.2, 0.25) is 0 Å². The van der Waals surface area contributed by atoms with Gasteiger partial charge in [-0.05, 0) is 61.0 Å². The minimum Gasteiger partial charge on any atom is -0.493 e. The summed E-state index contributed by atoms with van der Waals surface area (Å²) in [5.74, 6) is -1.32. The minimum atomic E-state index is -1.06. The first-order valence-electron chi connectivity index (χ1n) is 13.6. The SMILES string of the molecule is CCOc1ccccc1N1C(=O)[C@H]2[C@H](ON(c3ccccc3)[C@@H]2c2ccc(OC(=O)c3ccccc3)c(OC)c2)C1=O. The van der Waals surface area contributed by atoms with Crippen LogP contribution in [-0.2, 0) is 14.4 Å². The molecule has 9 nitrogen and oxygen atoms in total. The largest absolute Gasteiger partial charge is 0.493 e. The fraction of sp³-hybridized carbons (Fsp3) is 0.182. The summed E-state index contributed by atoms with van der Waals surface area (Å²) >= 11 is 0. The summed E-state index contributed by atoms with van der Waals surface area (Å²) in [6.07, 6.45) is -1.06. The number of imide groups is 1. The first kappa shape index (κ1) is 27.0. The van der Waals surface area contributed by atoms with Crippen molar-refractivity contribution in [2.45, 2.75) is 19.1 Å². The number of para-hydroxylation sites is 3. The van der Waals surface area contributed by atoms with Gasteiger partial charge in [0.2, 0.25) is 5.91 Å². The van der Waals surface area contributed by atoms with Crippen LogP contribution in [0.5, 0.6) is 17.2 Å². The van der Waals surface area contributed by atoms with Crippen molar-refractivity contribution in [3.8, 4) is 17.2 Å². The van der Waals surface area contributed by atoms with Gasteiger partial charge in [-0.3, -0.25) is 14.4 Å². The van der Waals surface area contributed by atoms with E-state index in [1.165, 1.54) is 7.11 Å². The average Bonchev–Trinajstić information content (AvgIpc) is 3.54. The van der Waals surface area contributed by atoms with Crippen LogP contribution in [0.4, 0.5) is 11.4 Å². The highest BCUT2D eigenvalue weighted by Gasteiger charge is 2.60. The fourth-order valence-electron chi connectivity index (χ4n) is 5.39. The van der Waals surface area contributed by atoms with Crippen molar-refractivity contribution in [3.63, 3.8) is 0 Å². The number of hydrogen-bond donors (Lipinski definition) is 0. The number of rotatable bonds is 8. The first-order valence-corrected chi connectivity index (χ1v) is 13.6. The highest BCUT2D eigenvalue weighted by Crippen LogP contribution is 2.49. The van der Waals surface area contributed by atoms with Gasteiger partial charge in [-0.25, -0.2) is 14.8 Å². The van der Waals surface area contributed by atoms with Crippen molar-refractivity contribution in [2.75, 3.05) is 23.7 Å². The van der Waals surface area contributed by atoms with Crippen LogP contribution in [0.25, 0.3) is 0 Å². The molecule has 4 aromatic carbocycles. The van der Waals surface area contributed by atoms with Crippen molar-refractivity contribution in [1.82, 2.24) is 0 Å². The molecule has 2 aliphatic heterocycles. The molecule has 0 aromatic heterocycles. The number of hydroxylamine groups is 1. The number of benzene rings is 4. The molecule has 0 bridgehead atoms. The summed E-state index contributed by atoms with van der Waals surface area (Å²) < 4.78 is 17.0. The Hall–Kier alpha value is -5.15. The minimum absolute atomic E-state index is 0.220. The van der Waals surface area contributed by atoms with Crippen molar-refractivity contribution in [1.29, 1.82) is 0 Å². The molecule has 212 valence electrons. The van der Waals surface area contributed by atoms with E-state index < -0.39 is 35.8 Å². The quantitative estimate of drug-likeness (QED) is 0.160. The molecule has 2 amide bonds. The molecular weight excluding hydrogens is 536 g/mol. The normalized spacial score (nSPS) is 19.5. The van der Waals surface area contributed by atoms with Crippen LogP contribution in [0.1, 0.15) is 28.9 Å². The summed E-state index contributed by atoms with van der Waals surface area (Å²) in [5, 5.41) is 1.60. The van der Waals surface area contributed by atoms with E-state index in [0.717, 1.165) is 4.90 Å². The lowest BCUT2D eigenvalue weighted by molar-refractivity contribution is -0.126. The van der Waals surface area contributed by atoms with Crippen LogP contribution < -0.4 is 24.2 Å². The zero-order chi connectivity index (χ0) is 29.2. The molecule has 9 heteroatoms. The van der Waals surface area contributed by atoms with E-state index >= 15 is 0 Å². The van der Waals surface area contributed by atoms with Crippen LogP contribution in [0.15, 0.2) is 103 Å². The van der Waals surface area contributed by atoms with Gasteiger partial charge in [0.1, 0.15) is 11.7 Å². The molecule has 0 unspecified atom stereocenters. The number of amides is 2. The van der Waals surface area contributed by atoms with Gasteiger partial charge < -0.3 is 14.2 Å². The lowest BCUT2D eigenvalue weighted by Gasteiger charge is -2.29. The van der Waals surface area contributed by atoms with Crippen molar-refractivity contribution >= 4 is 29.2 Å². The molecule has 0 radical (unpaired) electrons. The van der Waals surface area contributed by atoms with E-state index in [1.807, 2.05) is 43.3 Å². The monoisotopic (exact) mass is 564 g/mol. The lowest BCUT2D eigenvalue weighted by Crippen LogP contribution is -2.37. The molecule has 6 rings (SSSR count). The third-order valence-corrected chi connectivity index (χ3v) is 7.27. The Morgan fingerprint density at radius 1 is 0.810 bits per heavy atom. The maximum absolute atomic E-state index is 14.1. The molecule has 4 aromatic rings. The number of nitrogens with zero attached hydrogens (tertiary/aromatic N) is 2. The van der Waals surface area contributed by atoms with Gasteiger partial charge in [-0.2, -0.15) is 0 Å². The van der Waals surface area contributed by atoms with Gasteiger partial charge in [-0.1, -0.05) is 54.6 Å². The summed E-state index contributed by atoms with van der Waals surface area (Å²) in [7, 11) is 1.47. The Morgan fingerprint density at radius 2 is 1.50 bits per heavy atom. The molecule has 2 aliphatic rings. The Labute approximate surface area is 242 Å². The number of methoxy groups -OCH3 is 1. The van der Waals surface area contributed by atoms with E-state index in [4.69, 9.17) is 19.0 Å². The van der Waals surface area contributed by atoms with Crippen LogP contribution >= 0.6 is 0 Å². The Bertz CT molecular complexity index is 1630. The molecule has 3 atom stereocenters. The maximum atomic E-state index is 14.1. The van der Waals surface area contributed by atoms with Crippen LogP contribution in [0, 0.1) is 5.92 Å². The zero-order valence-corrected chi connectivity index (χ0v) is 23.0. The van der Waals surface area contributed by atoms with Gasteiger partial charge >= 0.3 is 5.97 Å². The van der Waals surface area contributed by atoms with Gasteiger partial charge in [-0.15, -0.1) is 0 Å². The number of anilines is 2. The number of hydrogen-bond acceptors (Lipinski definition) is 8. The van der Waals surface area contributed by atoms with E-state index in [1.54, 1.807) is 71.8 Å². The van der Waals surface area contributed by atoms with Gasteiger partial charge in [0.05, 0.1) is 36.7 Å². The van der Waals surface area contributed by atoms with Gasteiger partial charge in [0.25, 0.3) is 5.91 Å². The Balaban J connectivity index is 1.38. The third kappa shape index (κ3) is 4.73. The first-order chi connectivity index (χ1) is 20.5. The highest BCUT2D eigenvalue weighted by molar-refractivity contribution is 6.24. The molecule has 0 N–H and O–H groups in total. The Morgan fingerprint density at radius 3 is 2.21 bits per heavy atom. The molecule has 42 heavy (non-hydrogen) atoms. The summed E-state index contributed by atoms with van der Waals surface area (Å²) in [6, 6.07) is 29.2.